The summed E-state index contributed by atoms with van der Waals surface area (Å²) >= 11 is 6.25. The van der Waals surface area contributed by atoms with Crippen molar-refractivity contribution in [2.24, 2.45) is 0 Å². The standard InChI is InChI=1S/C29H25ClN4O6S/c30-19-7-9-21-20(14-19)29(40-28(38)33-21)10-11-34(16-29)27(37)23(12-17-4-2-1-3-5-17)32-26(36)18-6-8-22-24(13-18)41(39)15-25(35)31-22/h1-9,13-14,23H,10-12,15-16H2,(H,31,35)(H,32,36)(H,33,38). The molecule has 3 aliphatic heterocycles. The second-order valence-electron chi connectivity index (χ2n) is 10.2. The van der Waals surface area contributed by atoms with E-state index in [1.54, 1.807) is 23.1 Å². The zero-order valence-corrected chi connectivity index (χ0v) is 23.2. The number of halogens is 1. The van der Waals surface area contributed by atoms with Crippen molar-refractivity contribution >= 4 is 57.6 Å². The molecule has 6 rings (SSSR count). The molecule has 3 atom stereocenters. The fraction of sp³-hybridized carbons (Fsp3) is 0.241. The van der Waals surface area contributed by atoms with Gasteiger partial charge in [-0.15, -0.1) is 0 Å². The fourth-order valence-electron chi connectivity index (χ4n) is 5.49. The molecular formula is C29H25ClN4O6S. The van der Waals surface area contributed by atoms with Gasteiger partial charge in [0, 0.05) is 35.5 Å². The van der Waals surface area contributed by atoms with Gasteiger partial charge in [-0.2, -0.15) is 0 Å². The molecule has 3 aliphatic rings. The van der Waals surface area contributed by atoms with E-state index in [9.17, 15) is 23.4 Å². The number of nitrogens with one attached hydrogen (secondary N) is 3. The zero-order chi connectivity index (χ0) is 28.7. The lowest BCUT2D eigenvalue weighted by Crippen LogP contribution is -2.50. The molecule has 210 valence electrons. The van der Waals surface area contributed by atoms with Crippen LogP contribution in [0.5, 0.6) is 0 Å². The van der Waals surface area contributed by atoms with Gasteiger partial charge in [0.25, 0.3) is 5.91 Å². The first-order chi connectivity index (χ1) is 19.7. The summed E-state index contributed by atoms with van der Waals surface area (Å²) in [7, 11) is -1.58. The minimum Gasteiger partial charge on any atom is -0.436 e. The summed E-state index contributed by atoms with van der Waals surface area (Å²) in [5.74, 6) is -1.38. The Morgan fingerprint density at radius 2 is 1.83 bits per heavy atom. The van der Waals surface area contributed by atoms with Crippen LogP contribution in [-0.4, -0.2) is 57.8 Å². The van der Waals surface area contributed by atoms with Crippen molar-refractivity contribution in [3.63, 3.8) is 0 Å². The number of rotatable bonds is 5. The lowest BCUT2D eigenvalue weighted by atomic mass is 9.90. The Hall–Kier alpha value is -4.22. The second kappa shape index (κ2) is 10.6. The number of carbonyl (C=O) groups excluding carboxylic acids is 4. The molecule has 3 heterocycles. The molecule has 0 aliphatic carbocycles. The summed E-state index contributed by atoms with van der Waals surface area (Å²) < 4.78 is 18.3. The van der Waals surface area contributed by atoms with Gasteiger partial charge in [0.1, 0.15) is 11.8 Å². The van der Waals surface area contributed by atoms with Gasteiger partial charge in [-0.1, -0.05) is 41.9 Å². The van der Waals surface area contributed by atoms with Gasteiger partial charge in [0.2, 0.25) is 11.8 Å². The van der Waals surface area contributed by atoms with Crippen molar-refractivity contribution in [1.82, 2.24) is 10.2 Å². The molecule has 10 nitrogen and oxygen atoms in total. The molecule has 3 aromatic carbocycles. The van der Waals surface area contributed by atoms with E-state index in [1.807, 2.05) is 30.3 Å². The SMILES string of the molecule is O=C1CS(=O)c2cc(C(=O)NC(Cc3ccccc3)C(=O)N3CCC4(C3)OC(=O)Nc3ccc(Cl)cc34)ccc2N1. The molecule has 1 fully saturated rings. The molecule has 0 aromatic heterocycles. The summed E-state index contributed by atoms with van der Waals surface area (Å²) in [5.41, 5.74) is 1.67. The predicted molar refractivity (Wildman–Crippen MR) is 152 cm³/mol. The first-order valence-corrected chi connectivity index (χ1v) is 14.7. The fourth-order valence-corrected chi connectivity index (χ4v) is 6.75. The second-order valence-corrected chi connectivity index (χ2v) is 12.0. The molecule has 0 radical (unpaired) electrons. The quantitative estimate of drug-likeness (QED) is 0.416. The number of likely N-dealkylation sites (tertiary alicyclic amines) is 1. The Bertz CT molecular complexity index is 1620. The third kappa shape index (κ3) is 5.30. The number of nitrogens with zero attached hydrogens (tertiary/aromatic N) is 1. The third-order valence-electron chi connectivity index (χ3n) is 7.45. The van der Waals surface area contributed by atoms with Crippen LogP contribution in [0.1, 0.15) is 27.9 Å². The van der Waals surface area contributed by atoms with Crippen molar-refractivity contribution in [2.45, 2.75) is 29.4 Å². The minimum absolute atomic E-state index is 0.102. The normalized spacial score (nSPS) is 21.7. The number of carbonyl (C=O) groups is 4. The molecule has 0 bridgehead atoms. The Balaban J connectivity index is 1.26. The van der Waals surface area contributed by atoms with Crippen molar-refractivity contribution in [3.05, 3.63) is 88.4 Å². The molecule has 4 amide bonds. The maximum atomic E-state index is 14.0. The number of benzene rings is 3. The number of ether oxygens (including phenoxy) is 1. The van der Waals surface area contributed by atoms with Gasteiger partial charge in [-0.3, -0.25) is 23.9 Å². The van der Waals surface area contributed by atoms with Crippen LogP contribution in [0, 0.1) is 0 Å². The lowest BCUT2D eigenvalue weighted by Gasteiger charge is -2.35. The lowest BCUT2D eigenvalue weighted by molar-refractivity contribution is -0.133. The molecule has 41 heavy (non-hydrogen) atoms. The van der Waals surface area contributed by atoms with Crippen LogP contribution in [0.15, 0.2) is 71.6 Å². The van der Waals surface area contributed by atoms with E-state index >= 15 is 0 Å². The minimum atomic E-state index is -1.58. The summed E-state index contributed by atoms with van der Waals surface area (Å²) in [4.78, 5) is 53.4. The van der Waals surface area contributed by atoms with E-state index in [-0.39, 0.29) is 36.1 Å². The Labute approximate surface area is 242 Å². The molecule has 0 saturated carbocycles. The molecule has 1 spiro atoms. The van der Waals surface area contributed by atoms with Gasteiger partial charge in [-0.05, 0) is 42.0 Å². The molecular weight excluding hydrogens is 568 g/mol. The monoisotopic (exact) mass is 592 g/mol. The number of hydrogen-bond donors (Lipinski definition) is 3. The summed E-state index contributed by atoms with van der Waals surface area (Å²) in [5, 5.41) is 8.68. The molecule has 12 heteroatoms. The smallest absolute Gasteiger partial charge is 0.412 e. The van der Waals surface area contributed by atoms with Crippen LogP contribution in [0.2, 0.25) is 5.02 Å². The number of anilines is 2. The van der Waals surface area contributed by atoms with Crippen molar-refractivity contribution < 1.29 is 28.1 Å². The highest BCUT2D eigenvalue weighted by atomic mass is 35.5. The van der Waals surface area contributed by atoms with E-state index in [0.29, 0.717) is 39.8 Å². The topological polar surface area (TPSA) is 134 Å². The van der Waals surface area contributed by atoms with Crippen molar-refractivity contribution in [1.29, 1.82) is 0 Å². The highest BCUT2D eigenvalue weighted by Crippen LogP contribution is 2.44. The van der Waals surface area contributed by atoms with Crippen LogP contribution in [0.25, 0.3) is 0 Å². The predicted octanol–water partition coefficient (Wildman–Crippen LogP) is 3.43. The molecule has 3 N–H and O–H groups in total. The van der Waals surface area contributed by atoms with E-state index < -0.39 is 34.4 Å². The third-order valence-corrected chi connectivity index (χ3v) is 9.04. The van der Waals surface area contributed by atoms with Gasteiger partial charge < -0.3 is 20.3 Å². The summed E-state index contributed by atoms with van der Waals surface area (Å²) in [6.07, 6.45) is -0.0105. The maximum absolute atomic E-state index is 14.0. The summed E-state index contributed by atoms with van der Waals surface area (Å²) in [6, 6.07) is 18.0. The van der Waals surface area contributed by atoms with E-state index in [0.717, 1.165) is 5.56 Å². The van der Waals surface area contributed by atoms with Crippen LogP contribution in [0.4, 0.5) is 16.2 Å². The van der Waals surface area contributed by atoms with Gasteiger partial charge in [-0.25, -0.2) is 4.79 Å². The first kappa shape index (κ1) is 27.0. The molecule has 1 saturated heterocycles. The zero-order valence-electron chi connectivity index (χ0n) is 21.6. The molecule has 3 unspecified atom stereocenters. The van der Waals surface area contributed by atoms with E-state index in [2.05, 4.69) is 16.0 Å². The van der Waals surface area contributed by atoms with Crippen LogP contribution in [0.3, 0.4) is 0 Å². The van der Waals surface area contributed by atoms with Crippen LogP contribution in [-0.2, 0) is 37.1 Å². The number of hydrogen-bond acceptors (Lipinski definition) is 6. The largest absolute Gasteiger partial charge is 0.436 e. The van der Waals surface area contributed by atoms with E-state index in [4.69, 9.17) is 16.3 Å². The van der Waals surface area contributed by atoms with Gasteiger partial charge in [0.15, 0.2) is 5.60 Å². The molecule has 3 aromatic rings. The maximum Gasteiger partial charge on any atom is 0.412 e. The highest BCUT2D eigenvalue weighted by molar-refractivity contribution is 7.86. The first-order valence-electron chi connectivity index (χ1n) is 13.0. The van der Waals surface area contributed by atoms with Crippen LogP contribution >= 0.6 is 11.6 Å². The van der Waals surface area contributed by atoms with Gasteiger partial charge in [0.05, 0.1) is 33.6 Å². The summed E-state index contributed by atoms with van der Waals surface area (Å²) in [6.45, 7) is 0.405. The Kier molecular flexibility index (Phi) is 7.00. The van der Waals surface area contributed by atoms with Gasteiger partial charge >= 0.3 is 6.09 Å². The Morgan fingerprint density at radius 1 is 1.05 bits per heavy atom. The van der Waals surface area contributed by atoms with Crippen molar-refractivity contribution in [3.8, 4) is 0 Å². The highest BCUT2D eigenvalue weighted by Gasteiger charge is 2.49. The average Bonchev–Trinajstić information content (AvgIpc) is 3.37. The average molecular weight is 593 g/mol. The van der Waals surface area contributed by atoms with Crippen molar-refractivity contribution in [2.75, 3.05) is 29.5 Å². The van der Waals surface area contributed by atoms with E-state index in [1.165, 1.54) is 18.2 Å². The Morgan fingerprint density at radius 3 is 2.63 bits per heavy atom. The van der Waals surface area contributed by atoms with Crippen LogP contribution < -0.4 is 16.0 Å². The number of amides is 4. The number of fused-ring (bicyclic) bond motifs is 3.